The predicted octanol–water partition coefficient (Wildman–Crippen LogP) is 5.43. The second-order valence-electron chi connectivity index (χ2n) is 11.1. The normalized spacial score (nSPS) is 13.5. The number of imidazole rings is 1. The lowest BCUT2D eigenvalue weighted by atomic mass is 10.1. The number of hydrogen-bond acceptors (Lipinski definition) is 7. The third-order valence-electron chi connectivity index (χ3n) is 6.89. The van der Waals surface area contributed by atoms with Crippen LogP contribution in [0.5, 0.6) is 0 Å². The third kappa shape index (κ3) is 5.51. The zero-order valence-electron chi connectivity index (χ0n) is 23.6. The Labute approximate surface area is 243 Å². The summed E-state index contributed by atoms with van der Waals surface area (Å²) < 4.78 is 7.36. The molecule has 1 aliphatic rings. The summed E-state index contributed by atoms with van der Waals surface area (Å²) >= 11 is 0. The Kier molecular flexibility index (Phi) is 7.03. The van der Waals surface area contributed by atoms with Gasteiger partial charge in [-0.25, -0.2) is 19.7 Å². The molecule has 10 nitrogen and oxygen atoms in total. The standard InChI is InChI=1S/C32H31N7O3/c1-32(2,3)42-31(41)35-22-18-38(19-22)23-11-13-24(14-12-23)39-29(25-10-7-17-33-28(25)34-20-40)37-27-16-15-26(36-30(27)39)21-8-5-4-6-9-21/h4-17,20,22H,18-19H2,1-3H3,(H,35,41)(H,33,34,40). The van der Waals surface area contributed by atoms with Crippen molar-refractivity contribution >= 4 is 35.2 Å². The van der Waals surface area contributed by atoms with E-state index in [-0.39, 0.29) is 6.04 Å². The van der Waals surface area contributed by atoms with Gasteiger partial charge in [-0.2, -0.15) is 0 Å². The van der Waals surface area contributed by atoms with Crippen molar-refractivity contribution in [2.45, 2.75) is 32.4 Å². The summed E-state index contributed by atoms with van der Waals surface area (Å²) in [5, 5.41) is 5.62. The number of aromatic nitrogens is 4. The van der Waals surface area contributed by atoms with E-state index in [4.69, 9.17) is 14.7 Å². The fourth-order valence-electron chi connectivity index (χ4n) is 4.98. The van der Waals surface area contributed by atoms with Gasteiger partial charge in [0.05, 0.1) is 17.3 Å². The molecule has 0 aliphatic carbocycles. The van der Waals surface area contributed by atoms with Gasteiger partial charge in [-0.15, -0.1) is 0 Å². The molecule has 5 aromatic rings. The maximum Gasteiger partial charge on any atom is 0.407 e. The largest absolute Gasteiger partial charge is 0.444 e. The Balaban J connectivity index is 1.34. The maximum atomic E-state index is 12.1. The van der Waals surface area contributed by atoms with Crippen molar-refractivity contribution in [1.29, 1.82) is 0 Å². The highest BCUT2D eigenvalue weighted by Crippen LogP contribution is 2.33. The second-order valence-corrected chi connectivity index (χ2v) is 11.1. The van der Waals surface area contributed by atoms with Gasteiger partial charge in [0.25, 0.3) is 0 Å². The van der Waals surface area contributed by atoms with Crippen LogP contribution in [0.3, 0.4) is 0 Å². The van der Waals surface area contributed by atoms with Crippen molar-refractivity contribution < 1.29 is 14.3 Å². The fraction of sp³-hybridized carbons (Fsp3) is 0.219. The van der Waals surface area contributed by atoms with Crippen LogP contribution in [-0.4, -0.2) is 56.8 Å². The van der Waals surface area contributed by atoms with E-state index >= 15 is 0 Å². The zero-order chi connectivity index (χ0) is 29.3. The van der Waals surface area contributed by atoms with Gasteiger partial charge in [0, 0.05) is 36.2 Å². The van der Waals surface area contributed by atoms with Crippen molar-refractivity contribution in [1.82, 2.24) is 24.8 Å². The summed E-state index contributed by atoms with van der Waals surface area (Å²) in [4.78, 5) is 40.0. The first-order valence-electron chi connectivity index (χ1n) is 13.7. The molecule has 10 heteroatoms. The topological polar surface area (TPSA) is 114 Å². The summed E-state index contributed by atoms with van der Waals surface area (Å²) in [6.07, 6.45) is 1.83. The number of amides is 2. The molecule has 2 N–H and O–H groups in total. The van der Waals surface area contributed by atoms with Gasteiger partial charge in [-0.05, 0) is 69.3 Å². The predicted molar refractivity (Wildman–Crippen MR) is 163 cm³/mol. The van der Waals surface area contributed by atoms with Crippen LogP contribution in [0.25, 0.3) is 39.5 Å². The molecule has 1 fully saturated rings. The monoisotopic (exact) mass is 561 g/mol. The van der Waals surface area contributed by atoms with Crippen LogP contribution in [0.1, 0.15) is 20.8 Å². The first-order valence-corrected chi connectivity index (χ1v) is 13.7. The lowest BCUT2D eigenvalue weighted by Gasteiger charge is -2.41. The van der Waals surface area contributed by atoms with Gasteiger partial charge in [0.1, 0.15) is 16.9 Å². The Morgan fingerprint density at radius 1 is 0.929 bits per heavy atom. The maximum absolute atomic E-state index is 12.1. The van der Waals surface area contributed by atoms with Crippen molar-refractivity contribution in [3.63, 3.8) is 0 Å². The van der Waals surface area contributed by atoms with E-state index < -0.39 is 11.7 Å². The van der Waals surface area contributed by atoms with Crippen LogP contribution in [0.15, 0.2) is 85.1 Å². The fourth-order valence-corrected chi connectivity index (χ4v) is 4.98. The molecular formula is C32H31N7O3. The number of carbonyl (C=O) groups excluding carboxylic acids is 2. The van der Waals surface area contributed by atoms with Gasteiger partial charge < -0.3 is 20.3 Å². The number of pyridine rings is 2. The van der Waals surface area contributed by atoms with Crippen LogP contribution in [0.4, 0.5) is 16.3 Å². The highest BCUT2D eigenvalue weighted by Gasteiger charge is 2.30. The summed E-state index contributed by atoms with van der Waals surface area (Å²) in [7, 11) is 0. The summed E-state index contributed by atoms with van der Waals surface area (Å²) in [5.41, 5.74) is 5.27. The van der Waals surface area contributed by atoms with E-state index in [1.807, 2.05) is 104 Å². The number of nitrogens with zero attached hydrogens (tertiary/aromatic N) is 5. The molecule has 42 heavy (non-hydrogen) atoms. The number of fused-ring (bicyclic) bond motifs is 1. The minimum atomic E-state index is -0.531. The molecule has 0 spiro atoms. The van der Waals surface area contributed by atoms with Gasteiger partial charge >= 0.3 is 6.09 Å². The number of nitrogens with one attached hydrogen (secondary N) is 2. The molecule has 0 bridgehead atoms. The average molecular weight is 562 g/mol. The molecule has 0 saturated carbocycles. The quantitative estimate of drug-likeness (QED) is 0.255. The smallest absolute Gasteiger partial charge is 0.407 e. The molecule has 212 valence electrons. The lowest BCUT2D eigenvalue weighted by Crippen LogP contribution is -2.60. The van der Waals surface area contributed by atoms with E-state index in [9.17, 15) is 9.59 Å². The summed E-state index contributed by atoms with van der Waals surface area (Å²) in [6.45, 7) is 6.93. The highest BCUT2D eigenvalue weighted by molar-refractivity contribution is 5.87. The number of hydrogen-bond donors (Lipinski definition) is 2. The van der Waals surface area contributed by atoms with E-state index in [1.54, 1.807) is 6.20 Å². The first kappa shape index (κ1) is 26.9. The zero-order valence-corrected chi connectivity index (χ0v) is 23.6. The van der Waals surface area contributed by atoms with Crippen LogP contribution in [-0.2, 0) is 9.53 Å². The van der Waals surface area contributed by atoms with E-state index in [0.717, 1.165) is 22.6 Å². The van der Waals surface area contributed by atoms with E-state index in [2.05, 4.69) is 20.5 Å². The van der Waals surface area contributed by atoms with Crippen LogP contribution < -0.4 is 15.5 Å². The van der Waals surface area contributed by atoms with Crippen molar-refractivity contribution in [3.8, 4) is 28.3 Å². The van der Waals surface area contributed by atoms with E-state index in [0.29, 0.717) is 47.9 Å². The van der Waals surface area contributed by atoms with Gasteiger partial charge in [-0.1, -0.05) is 30.3 Å². The van der Waals surface area contributed by atoms with Crippen molar-refractivity contribution in [2.24, 2.45) is 0 Å². The number of carbonyl (C=O) groups is 2. The van der Waals surface area contributed by atoms with Gasteiger partial charge in [0.2, 0.25) is 6.41 Å². The SMILES string of the molecule is CC(C)(C)OC(=O)NC1CN(c2ccc(-n3c(-c4cccnc4NC=O)nc4ccc(-c5ccccc5)nc43)cc2)C1. The molecule has 2 aromatic carbocycles. The van der Waals surface area contributed by atoms with Gasteiger partial charge in [-0.3, -0.25) is 9.36 Å². The van der Waals surface area contributed by atoms with Gasteiger partial charge in [0.15, 0.2) is 11.5 Å². The minimum Gasteiger partial charge on any atom is -0.444 e. The Hall–Kier alpha value is -5.25. The van der Waals surface area contributed by atoms with Crippen LogP contribution >= 0.6 is 0 Å². The molecule has 0 radical (unpaired) electrons. The summed E-state index contributed by atoms with van der Waals surface area (Å²) in [5.74, 6) is 1.02. The number of benzene rings is 2. The molecule has 2 amide bonds. The molecule has 1 saturated heterocycles. The van der Waals surface area contributed by atoms with Crippen molar-refractivity contribution in [3.05, 3.63) is 85.1 Å². The van der Waals surface area contributed by atoms with Crippen LogP contribution in [0, 0.1) is 0 Å². The van der Waals surface area contributed by atoms with E-state index in [1.165, 1.54) is 0 Å². The lowest BCUT2D eigenvalue weighted by molar-refractivity contribution is -0.105. The Morgan fingerprint density at radius 3 is 2.38 bits per heavy atom. The Bertz CT molecular complexity index is 1740. The Morgan fingerprint density at radius 2 is 1.67 bits per heavy atom. The first-order chi connectivity index (χ1) is 20.3. The molecule has 4 heterocycles. The molecule has 0 unspecified atom stereocenters. The number of alkyl carbamates (subject to hydrolysis) is 1. The number of rotatable bonds is 7. The molecule has 3 aromatic heterocycles. The molecule has 0 atom stereocenters. The third-order valence-corrected chi connectivity index (χ3v) is 6.89. The second kappa shape index (κ2) is 11.0. The molecular weight excluding hydrogens is 530 g/mol. The van der Waals surface area contributed by atoms with Crippen molar-refractivity contribution in [2.75, 3.05) is 23.3 Å². The number of ether oxygens (including phenoxy) is 1. The number of anilines is 2. The highest BCUT2D eigenvalue weighted by atomic mass is 16.6. The van der Waals surface area contributed by atoms with Crippen LogP contribution in [0.2, 0.25) is 0 Å². The average Bonchev–Trinajstić information content (AvgIpc) is 3.33. The molecule has 1 aliphatic heterocycles. The minimum absolute atomic E-state index is 0.0265. The molecule has 6 rings (SSSR count). The summed E-state index contributed by atoms with van der Waals surface area (Å²) in [6, 6.07) is 25.8.